The summed E-state index contributed by atoms with van der Waals surface area (Å²) in [5.74, 6) is 1.07. The van der Waals surface area contributed by atoms with Crippen LogP contribution in [0.5, 0.6) is 0 Å². The summed E-state index contributed by atoms with van der Waals surface area (Å²) in [7, 11) is 3.23. The van der Waals surface area contributed by atoms with Gasteiger partial charge in [0.2, 0.25) is 0 Å². The lowest BCUT2D eigenvalue weighted by Gasteiger charge is -2.17. The molecule has 0 atom stereocenters. The largest absolute Gasteiger partial charge is 0.502 e. The van der Waals surface area contributed by atoms with Gasteiger partial charge in [-0.05, 0) is 0 Å². The number of ketones is 1. The molecule has 0 bridgehead atoms. The van der Waals surface area contributed by atoms with Crippen LogP contribution in [0.15, 0.2) is 11.8 Å². The Labute approximate surface area is 90.1 Å². The maximum Gasteiger partial charge on any atom is 0.164 e. The molecule has 14 heavy (non-hydrogen) atoms. The minimum Gasteiger partial charge on any atom is -0.502 e. The number of ether oxygens (including phenoxy) is 1. The molecule has 0 aliphatic heterocycles. The Bertz CT molecular complexity index is 224. The molecule has 0 aromatic rings. The van der Waals surface area contributed by atoms with Crippen LogP contribution in [0.25, 0.3) is 0 Å². The van der Waals surface area contributed by atoms with Gasteiger partial charge >= 0.3 is 0 Å². The van der Waals surface area contributed by atoms with Crippen LogP contribution in [0.1, 0.15) is 34.6 Å². The van der Waals surface area contributed by atoms with Crippen LogP contribution in [-0.4, -0.2) is 22.3 Å². The van der Waals surface area contributed by atoms with E-state index in [9.17, 15) is 4.79 Å². The topological polar surface area (TPSA) is 26.3 Å². The van der Waals surface area contributed by atoms with Crippen molar-refractivity contribution in [1.82, 2.24) is 0 Å². The van der Waals surface area contributed by atoms with E-state index in [-0.39, 0.29) is 17.1 Å². The van der Waals surface area contributed by atoms with Crippen LogP contribution in [0.4, 0.5) is 0 Å². The van der Waals surface area contributed by atoms with Crippen LogP contribution in [-0.2, 0) is 9.53 Å². The van der Waals surface area contributed by atoms with Crippen molar-refractivity contribution in [2.24, 2.45) is 11.3 Å². The van der Waals surface area contributed by atoms with Gasteiger partial charge in [0.05, 0.1) is 16.5 Å². The van der Waals surface area contributed by atoms with E-state index < -0.39 is 0 Å². The Kier molecular flexibility index (Phi) is 5.12. The van der Waals surface area contributed by atoms with Gasteiger partial charge in [-0.15, -0.1) is 0 Å². The molecule has 0 fully saturated rings. The first-order chi connectivity index (χ1) is 6.29. The zero-order valence-electron chi connectivity index (χ0n) is 9.68. The summed E-state index contributed by atoms with van der Waals surface area (Å²) in [4.78, 5) is 11.7. The van der Waals surface area contributed by atoms with Crippen molar-refractivity contribution in [3.63, 3.8) is 0 Å². The molecule has 2 nitrogen and oxygen atoms in total. The molecule has 3 radical (unpaired) electrons. The molecule has 0 unspecified atom stereocenters. The summed E-state index contributed by atoms with van der Waals surface area (Å²) in [6.45, 7) is 9.71. The number of hydrogen-bond donors (Lipinski definition) is 0. The zero-order valence-corrected chi connectivity index (χ0v) is 10.7. The molecule has 0 spiro atoms. The summed E-state index contributed by atoms with van der Waals surface area (Å²) in [5.41, 5.74) is -0.338. The first-order valence-corrected chi connectivity index (χ1v) is 5.53. The second-order valence-electron chi connectivity index (χ2n) is 4.60. The first kappa shape index (κ1) is 13.4. The van der Waals surface area contributed by atoms with E-state index in [1.54, 1.807) is 6.08 Å². The number of carbonyl (C=O) groups is 1. The fraction of sp³-hybridized carbons (Fsp3) is 0.727. The second kappa shape index (κ2) is 5.34. The van der Waals surface area contributed by atoms with Gasteiger partial charge in [0.15, 0.2) is 5.78 Å². The maximum absolute atomic E-state index is 11.7. The smallest absolute Gasteiger partial charge is 0.164 e. The fourth-order valence-corrected chi connectivity index (χ4v) is 0.971. The van der Waals surface area contributed by atoms with Gasteiger partial charge in [0, 0.05) is 17.4 Å². The van der Waals surface area contributed by atoms with E-state index >= 15 is 0 Å². The van der Waals surface area contributed by atoms with Gasteiger partial charge in [0.25, 0.3) is 0 Å². The molecule has 3 heteroatoms. The molecule has 0 saturated carbocycles. The number of allylic oxidation sites excluding steroid dienone is 2. The summed E-state index contributed by atoms with van der Waals surface area (Å²) in [5, 5.41) is 0. The Morgan fingerprint density at radius 2 is 1.93 bits per heavy atom. The van der Waals surface area contributed by atoms with Crippen LogP contribution in [0.2, 0.25) is 0 Å². The second-order valence-corrected chi connectivity index (χ2v) is 4.89. The van der Waals surface area contributed by atoms with Gasteiger partial charge in [-0.1, -0.05) is 34.6 Å². The van der Waals surface area contributed by atoms with Crippen molar-refractivity contribution < 1.29 is 9.53 Å². The molecule has 0 amide bonds. The average Bonchev–Trinajstić information content (AvgIpc) is 2.01. The quantitative estimate of drug-likeness (QED) is 0.405. The average molecular weight is 211 g/mol. The highest BCUT2D eigenvalue weighted by Crippen LogP contribution is 2.19. The van der Waals surface area contributed by atoms with E-state index in [1.165, 1.54) is 0 Å². The number of hydrogen-bond acceptors (Lipinski definition) is 2. The highest BCUT2D eigenvalue weighted by molar-refractivity contribution is 6.08. The van der Waals surface area contributed by atoms with Crippen molar-refractivity contribution in [1.29, 1.82) is 0 Å². The molecule has 79 valence electrons. The third-order valence-electron chi connectivity index (χ3n) is 1.82. The van der Waals surface area contributed by atoms with Crippen LogP contribution >= 0.6 is 0 Å². The summed E-state index contributed by atoms with van der Waals surface area (Å²) in [6, 6.07) is 0. The predicted molar refractivity (Wildman–Crippen MR) is 59.1 cm³/mol. The minimum atomic E-state index is -0.338. The predicted octanol–water partition coefficient (Wildman–Crippen LogP) is 2.28. The van der Waals surface area contributed by atoms with E-state index in [0.717, 1.165) is 5.76 Å². The third kappa shape index (κ3) is 4.60. The van der Waals surface area contributed by atoms with Crippen molar-refractivity contribution in [3.8, 4) is 0 Å². The maximum atomic E-state index is 11.7. The lowest BCUT2D eigenvalue weighted by atomic mass is 9.90. The lowest BCUT2D eigenvalue weighted by Crippen LogP contribution is -2.19. The Balaban J connectivity index is 4.66. The lowest BCUT2D eigenvalue weighted by molar-refractivity contribution is -0.121. The highest BCUT2D eigenvalue weighted by Gasteiger charge is 2.20. The summed E-state index contributed by atoms with van der Waals surface area (Å²) < 4.78 is 5.32. The van der Waals surface area contributed by atoms with Crippen LogP contribution < -0.4 is 0 Å². The molecule has 0 saturated heterocycles. The van der Waals surface area contributed by atoms with Gasteiger partial charge in [-0.2, -0.15) is 0 Å². The van der Waals surface area contributed by atoms with Crippen molar-refractivity contribution in [2.45, 2.75) is 34.6 Å². The first-order valence-electron chi connectivity index (χ1n) is 4.82. The molecule has 0 aromatic carbocycles. The van der Waals surface area contributed by atoms with Gasteiger partial charge < -0.3 is 4.74 Å². The Morgan fingerprint density at radius 1 is 1.43 bits per heavy atom. The molecule has 0 aliphatic carbocycles. The standard InChI is InChI=1S/C11H19O2Si/c1-8(2)9(13-7-14)6-10(12)11(3,4)5/h6,8H,7H2,1-5H3/b9-6-. The van der Waals surface area contributed by atoms with Crippen LogP contribution in [0.3, 0.4) is 0 Å². The summed E-state index contributed by atoms with van der Waals surface area (Å²) >= 11 is 0. The van der Waals surface area contributed by atoms with E-state index in [4.69, 9.17) is 4.74 Å². The minimum absolute atomic E-state index is 0.0984. The molecular formula is C11H19O2Si. The zero-order chi connectivity index (χ0) is 11.4. The van der Waals surface area contributed by atoms with Crippen molar-refractivity contribution >= 4 is 16.0 Å². The van der Waals surface area contributed by atoms with E-state index in [2.05, 4.69) is 10.2 Å². The van der Waals surface area contributed by atoms with E-state index in [1.807, 2.05) is 34.6 Å². The van der Waals surface area contributed by atoms with E-state index in [0.29, 0.717) is 6.23 Å². The van der Waals surface area contributed by atoms with Crippen molar-refractivity contribution in [2.75, 3.05) is 6.23 Å². The summed E-state index contributed by atoms with van der Waals surface area (Å²) in [6.07, 6.45) is 2.02. The molecule has 0 aromatic heterocycles. The number of rotatable bonds is 4. The third-order valence-corrected chi connectivity index (χ3v) is 1.96. The molecule has 0 heterocycles. The fourth-order valence-electron chi connectivity index (χ4n) is 0.804. The highest BCUT2D eigenvalue weighted by atomic mass is 28.1. The normalized spacial score (nSPS) is 13.2. The van der Waals surface area contributed by atoms with Gasteiger partial charge in [-0.3, -0.25) is 4.79 Å². The SMILES string of the molecule is CC(C)/C(=C/C(=O)C(C)(C)C)OC[Si]. The Morgan fingerprint density at radius 3 is 2.21 bits per heavy atom. The Hall–Kier alpha value is -0.573. The molecule has 0 aliphatic rings. The van der Waals surface area contributed by atoms with Gasteiger partial charge in [0.1, 0.15) is 5.76 Å². The molecule has 0 rings (SSSR count). The van der Waals surface area contributed by atoms with Crippen molar-refractivity contribution in [3.05, 3.63) is 11.8 Å². The molecular weight excluding hydrogens is 192 g/mol. The number of carbonyl (C=O) groups excluding carboxylic acids is 1. The van der Waals surface area contributed by atoms with Crippen LogP contribution in [0, 0.1) is 11.3 Å². The van der Waals surface area contributed by atoms with Gasteiger partial charge in [-0.25, -0.2) is 0 Å². The monoisotopic (exact) mass is 211 g/mol. The molecule has 0 N–H and O–H groups in total.